The standard InChI is InChI=1S/C15H14N2O2S.ClH/c18-17(19)13-6-1-3-11(9-13)7-8-15-16-14(10-20-15)12-4-2-5-12;/h1,3,6-10,12H,2,4-5H2;1H. The number of nitrogens with zero attached hydrogens (tertiary/aromatic N) is 2. The Morgan fingerprint density at radius 2 is 2.14 bits per heavy atom. The van der Waals surface area contributed by atoms with Gasteiger partial charge in [0.05, 0.1) is 10.6 Å². The first kappa shape index (κ1) is 15.7. The van der Waals surface area contributed by atoms with Gasteiger partial charge in [-0.1, -0.05) is 24.6 Å². The molecule has 0 N–H and O–H groups in total. The number of hydrogen-bond donors (Lipinski definition) is 0. The molecule has 21 heavy (non-hydrogen) atoms. The lowest BCUT2D eigenvalue weighted by Gasteiger charge is -2.22. The molecule has 0 amide bonds. The molecule has 0 unspecified atom stereocenters. The molecule has 0 atom stereocenters. The van der Waals surface area contributed by atoms with Gasteiger partial charge >= 0.3 is 0 Å². The Balaban J connectivity index is 0.00000161. The Hall–Kier alpha value is -1.72. The van der Waals surface area contributed by atoms with Crippen LogP contribution in [0.4, 0.5) is 5.69 Å². The maximum Gasteiger partial charge on any atom is 0.270 e. The zero-order valence-electron chi connectivity index (χ0n) is 11.3. The van der Waals surface area contributed by atoms with Gasteiger partial charge in [-0.2, -0.15) is 0 Å². The van der Waals surface area contributed by atoms with Crippen LogP contribution in [-0.2, 0) is 0 Å². The monoisotopic (exact) mass is 322 g/mol. The third-order valence-corrected chi connectivity index (χ3v) is 4.39. The molecule has 4 nitrogen and oxygen atoms in total. The molecule has 0 aliphatic heterocycles. The summed E-state index contributed by atoms with van der Waals surface area (Å²) in [6, 6.07) is 6.61. The lowest BCUT2D eigenvalue weighted by atomic mass is 9.83. The molecule has 0 spiro atoms. The maximum absolute atomic E-state index is 10.7. The summed E-state index contributed by atoms with van der Waals surface area (Å²) in [5.41, 5.74) is 2.13. The van der Waals surface area contributed by atoms with Gasteiger partial charge in [-0.05, 0) is 24.5 Å². The molecule has 2 aromatic rings. The molecule has 0 saturated heterocycles. The van der Waals surface area contributed by atoms with E-state index in [0.717, 1.165) is 10.6 Å². The Labute approximate surface area is 133 Å². The number of rotatable bonds is 4. The zero-order chi connectivity index (χ0) is 13.9. The molecule has 6 heteroatoms. The van der Waals surface area contributed by atoms with Gasteiger partial charge in [-0.3, -0.25) is 10.1 Å². The first-order chi connectivity index (χ1) is 9.72. The van der Waals surface area contributed by atoms with Crippen LogP contribution in [0.5, 0.6) is 0 Å². The molecule has 110 valence electrons. The average Bonchev–Trinajstić information content (AvgIpc) is 2.83. The third-order valence-electron chi connectivity index (χ3n) is 3.56. The van der Waals surface area contributed by atoms with E-state index in [1.54, 1.807) is 23.5 Å². The molecule has 1 aromatic carbocycles. The second-order valence-electron chi connectivity index (χ2n) is 4.92. The number of benzene rings is 1. The van der Waals surface area contributed by atoms with E-state index in [0.29, 0.717) is 5.92 Å². The van der Waals surface area contributed by atoms with Crippen molar-refractivity contribution in [2.45, 2.75) is 25.2 Å². The van der Waals surface area contributed by atoms with E-state index in [2.05, 4.69) is 10.4 Å². The van der Waals surface area contributed by atoms with E-state index in [1.807, 2.05) is 18.2 Å². The van der Waals surface area contributed by atoms with Crippen molar-refractivity contribution in [3.63, 3.8) is 0 Å². The van der Waals surface area contributed by atoms with Gasteiger partial charge in [-0.25, -0.2) is 4.98 Å². The predicted molar refractivity (Wildman–Crippen MR) is 88.0 cm³/mol. The van der Waals surface area contributed by atoms with Gasteiger partial charge in [0.25, 0.3) is 5.69 Å². The van der Waals surface area contributed by atoms with Gasteiger partial charge in [0.2, 0.25) is 0 Å². The number of non-ortho nitro benzene ring substituents is 1. The Morgan fingerprint density at radius 1 is 1.33 bits per heavy atom. The molecule has 0 radical (unpaired) electrons. The Kier molecular flexibility index (Phi) is 5.09. The van der Waals surface area contributed by atoms with Crippen LogP contribution >= 0.6 is 23.7 Å². The molecular weight excluding hydrogens is 308 g/mol. The summed E-state index contributed by atoms with van der Waals surface area (Å²) in [5, 5.41) is 13.8. The molecule has 1 aliphatic carbocycles. The summed E-state index contributed by atoms with van der Waals surface area (Å²) in [5.74, 6) is 0.645. The minimum absolute atomic E-state index is 0. The molecule has 1 aromatic heterocycles. The van der Waals surface area contributed by atoms with Crippen LogP contribution in [0, 0.1) is 10.1 Å². The predicted octanol–water partition coefficient (Wildman–Crippen LogP) is 4.91. The number of nitro benzene ring substituents is 1. The highest BCUT2D eigenvalue weighted by atomic mass is 35.5. The van der Waals surface area contributed by atoms with E-state index in [4.69, 9.17) is 0 Å². The highest BCUT2D eigenvalue weighted by Gasteiger charge is 2.21. The van der Waals surface area contributed by atoms with E-state index in [9.17, 15) is 10.1 Å². The van der Waals surface area contributed by atoms with Crippen LogP contribution in [-0.4, -0.2) is 9.91 Å². The first-order valence-corrected chi connectivity index (χ1v) is 7.48. The fourth-order valence-corrected chi connectivity index (χ4v) is 2.97. The number of hydrogen-bond acceptors (Lipinski definition) is 4. The van der Waals surface area contributed by atoms with Crippen LogP contribution in [0.15, 0.2) is 29.6 Å². The highest BCUT2D eigenvalue weighted by molar-refractivity contribution is 7.10. The van der Waals surface area contributed by atoms with Crippen molar-refractivity contribution in [1.82, 2.24) is 4.98 Å². The number of thiazole rings is 1. The molecule has 1 saturated carbocycles. The van der Waals surface area contributed by atoms with Crippen LogP contribution in [0.3, 0.4) is 0 Å². The average molecular weight is 323 g/mol. The Morgan fingerprint density at radius 3 is 2.81 bits per heavy atom. The van der Waals surface area contributed by atoms with Crippen molar-refractivity contribution in [3.8, 4) is 0 Å². The zero-order valence-corrected chi connectivity index (χ0v) is 12.9. The normalized spacial score (nSPS) is 14.7. The summed E-state index contributed by atoms with van der Waals surface area (Å²) in [6.07, 6.45) is 7.60. The number of nitro groups is 1. The van der Waals surface area contributed by atoms with Gasteiger partial charge in [-0.15, -0.1) is 23.7 Å². The van der Waals surface area contributed by atoms with E-state index in [-0.39, 0.29) is 23.0 Å². The highest BCUT2D eigenvalue weighted by Crippen LogP contribution is 2.36. The minimum atomic E-state index is -0.380. The van der Waals surface area contributed by atoms with Gasteiger partial charge in [0.1, 0.15) is 5.01 Å². The molecular formula is C15H15ClN2O2S. The lowest BCUT2D eigenvalue weighted by molar-refractivity contribution is -0.384. The smallest absolute Gasteiger partial charge is 0.258 e. The lowest BCUT2D eigenvalue weighted by Crippen LogP contribution is -2.08. The molecule has 0 bridgehead atoms. The number of halogens is 1. The first-order valence-electron chi connectivity index (χ1n) is 6.60. The van der Waals surface area contributed by atoms with E-state index < -0.39 is 0 Å². The maximum atomic E-state index is 10.7. The fourth-order valence-electron chi connectivity index (χ4n) is 2.18. The summed E-state index contributed by atoms with van der Waals surface area (Å²) in [4.78, 5) is 14.9. The topological polar surface area (TPSA) is 56.0 Å². The van der Waals surface area contributed by atoms with Crippen LogP contribution < -0.4 is 0 Å². The van der Waals surface area contributed by atoms with Crippen LogP contribution in [0.2, 0.25) is 0 Å². The fraction of sp³-hybridized carbons (Fsp3) is 0.267. The van der Waals surface area contributed by atoms with Gasteiger partial charge < -0.3 is 0 Å². The molecule has 1 heterocycles. The second kappa shape index (κ2) is 6.83. The molecule has 3 rings (SSSR count). The quantitative estimate of drug-likeness (QED) is 0.593. The van der Waals surface area contributed by atoms with Crippen LogP contribution in [0.25, 0.3) is 12.2 Å². The summed E-state index contributed by atoms with van der Waals surface area (Å²) in [7, 11) is 0. The minimum Gasteiger partial charge on any atom is -0.258 e. The van der Waals surface area contributed by atoms with Gasteiger partial charge in [0, 0.05) is 23.4 Å². The third kappa shape index (κ3) is 3.68. The SMILES string of the molecule is Cl.O=[N+]([O-])c1cccc(C=Cc2nc(C3CCC3)cs2)c1. The van der Waals surface area contributed by atoms with Gasteiger partial charge in [0.15, 0.2) is 0 Å². The van der Waals surface area contributed by atoms with Crippen molar-refractivity contribution in [2.75, 3.05) is 0 Å². The molecule has 1 aliphatic rings. The summed E-state index contributed by atoms with van der Waals surface area (Å²) >= 11 is 1.63. The summed E-state index contributed by atoms with van der Waals surface area (Å²) < 4.78 is 0. The van der Waals surface area contributed by atoms with Crippen LogP contribution in [0.1, 0.15) is 41.4 Å². The molecule has 1 fully saturated rings. The van der Waals surface area contributed by atoms with Crippen molar-refractivity contribution >= 4 is 41.6 Å². The van der Waals surface area contributed by atoms with E-state index in [1.165, 1.54) is 31.0 Å². The largest absolute Gasteiger partial charge is 0.270 e. The second-order valence-corrected chi connectivity index (χ2v) is 5.81. The number of aromatic nitrogens is 1. The summed E-state index contributed by atoms with van der Waals surface area (Å²) in [6.45, 7) is 0. The Bertz CT molecular complexity index is 665. The van der Waals surface area contributed by atoms with Crippen molar-refractivity contribution in [3.05, 3.63) is 56.0 Å². The van der Waals surface area contributed by atoms with Crippen molar-refractivity contribution in [2.24, 2.45) is 0 Å². The van der Waals surface area contributed by atoms with Crippen molar-refractivity contribution in [1.29, 1.82) is 0 Å². The van der Waals surface area contributed by atoms with Crippen molar-refractivity contribution < 1.29 is 4.92 Å². The van der Waals surface area contributed by atoms with E-state index >= 15 is 0 Å².